The van der Waals surface area contributed by atoms with Gasteiger partial charge in [-0.15, -0.1) is 0 Å². The van der Waals surface area contributed by atoms with Crippen molar-refractivity contribution >= 4 is 35.8 Å². The molecule has 0 saturated carbocycles. The minimum absolute atomic E-state index is 0. The van der Waals surface area contributed by atoms with E-state index in [9.17, 15) is 19.2 Å². The van der Waals surface area contributed by atoms with Crippen LogP contribution in [0, 0.1) is 0 Å². The molecule has 0 spiro atoms. The zero-order chi connectivity index (χ0) is 18.9. The molecule has 0 heterocycles. The first-order chi connectivity index (χ1) is 9.72. The second kappa shape index (κ2) is 25.1. The van der Waals surface area contributed by atoms with Crippen LogP contribution in [-0.4, -0.2) is 46.0 Å². The van der Waals surface area contributed by atoms with E-state index in [2.05, 4.69) is 9.47 Å². The van der Waals surface area contributed by atoms with Crippen molar-refractivity contribution in [2.24, 2.45) is 0 Å². The number of ether oxygens (including phenoxy) is 2. The van der Waals surface area contributed by atoms with E-state index in [4.69, 9.17) is 19.8 Å². The van der Waals surface area contributed by atoms with Crippen molar-refractivity contribution in [1.29, 1.82) is 0 Å². The van der Waals surface area contributed by atoms with Gasteiger partial charge in [-0.2, -0.15) is 0 Å². The Morgan fingerprint density at radius 1 is 0.500 bits per heavy atom. The first kappa shape index (κ1) is 37.4. The van der Waals surface area contributed by atoms with Crippen molar-refractivity contribution in [3.8, 4) is 0 Å². The van der Waals surface area contributed by atoms with Gasteiger partial charge in [-0.3, -0.25) is 28.8 Å². The molecule has 8 N–H and O–H groups in total. The van der Waals surface area contributed by atoms with Crippen molar-refractivity contribution in [3.05, 3.63) is 0 Å². The van der Waals surface area contributed by atoms with E-state index in [-0.39, 0.29) is 12.3 Å². The van der Waals surface area contributed by atoms with Crippen LogP contribution in [0.15, 0.2) is 0 Å². The van der Waals surface area contributed by atoms with Gasteiger partial charge >= 0.3 is 23.9 Å². The summed E-state index contributed by atoms with van der Waals surface area (Å²) in [5.74, 6) is -3.92. The third-order valence-electron chi connectivity index (χ3n) is 0.575. The predicted octanol–water partition coefficient (Wildman–Crippen LogP) is 0.698. The minimum Gasteiger partial charge on any atom is -0.481 e. The van der Waals surface area contributed by atoms with E-state index in [1.165, 1.54) is 27.7 Å². The Morgan fingerprint density at radius 2 is 0.583 bits per heavy atom. The molecular formula is C12H26N2O10. The zero-order valence-corrected chi connectivity index (χ0v) is 14.6. The Kier molecular flexibility index (Phi) is 39.1. The Morgan fingerprint density at radius 3 is 0.583 bits per heavy atom. The minimum atomic E-state index is -0.833. The molecule has 0 radical (unpaired) electrons. The number of esters is 4. The fourth-order valence-corrected chi connectivity index (χ4v) is 0.405. The lowest BCUT2D eigenvalue weighted by Gasteiger charge is -1.87. The fraction of sp³-hybridized carbons (Fsp3) is 0.500. The summed E-state index contributed by atoms with van der Waals surface area (Å²) >= 11 is 0. The lowest BCUT2D eigenvalue weighted by molar-refractivity contribution is -0.158. The molecule has 24 heavy (non-hydrogen) atoms. The highest BCUT2D eigenvalue weighted by Gasteiger charge is 1.94. The van der Waals surface area contributed by atoms with Crippen LogP contribution >= 0.6 is 0 Å². The molecule has 0 atom stereocenters. The maximum atomic E-state index is 9.81. The molecule has 0 saturated heterocycles. The highest BCUT2D eigenvalue weighted by molar-refractivity contribution is 5.82. The SMILES string of the molecule is CC(=O)O.CC(=O)O.CC(=O)OC(C)=O.CC(=O)OC(C)=O.N.N. The van der Waals surface area contributed by atoms with Crippen molar-refractivity contribution in [1.82, 2.24) is 12.3 Å². The zero-order valence-electron chi connectivity index (χ0n) is 14.6. The fourth-order valence-electron chi connectivity index (χ4n) is 0.405. The lowest BCUT2D eigenvalue weighted by Crippen LogP contribution is -2.03. The highest BCUT2D eigenvalue weighted by atomic mass is 16.6. The smallest absolute Gasteiger partial charge is 0.310 e. The molecule has 0 fully saturated rings. The molecule has 0 aliphatic heterocycles. The van der Waals surface area contributed by atoms with Crippen LogP contribution in [0.3, 0.4) is 0 Å². The van der Waals surface area contributed by atoms with Crippen molar-refractivity contribution in [2.75, 3.05) is 0 Å². The van der Waals surface area contributed by atoms with Gasteiger partial charge in [0.1, 0.15) is 0 Å². The monoisotopic (exact) mass is 358 g/mol. The number of hydrogen-bond donors (Lipinski definition) is 4. The normalized spacial score (nSPS) is 6.58. The van der Waals surface area contributed by atoms with Gasteiger partial charge in [0, 0.05) is 41.5 Å². The molecule has 0 bridgehead atoms. The van der Waals surface area contributed by atoms with Crippen molar-refractivity contribution in [3.63, 3.8) is 0 Å². The Hall–Kier alpha value is -2.86. The van der Waals surface area contributed by atoms with Gasteiger partial charge in [0.2, 0.25) is 0 Å². The average molecular weight is 358 g/mol. The van der Waals surface area contributed by atoms with Crippen LogP contribution in [0.1, 0.15) is 41.5 Å². The van der Waals surface area contributed by atoms with E-state index in [1.54, 1.807) is 0 Å². The maximum Gasteiger partial charge on any atom is 0.310 e. The van der Waals surface area contributed by atoms with Crippen molar-refractivity contribution in [2.45, 2.75) is 41.5 Å². The molecule has 144 valence electrons. The average Bonchev–Trinajstić information content (AvgIpc) is 2.10. The van der Waals surface area contributed by atoms with E-state index < -0.39 is 35.8 Å². The van der Waals surface area contributed by atoms with Crippen LogP contribution in [0.4, 0.5) is 0 Å². The van der Waals surface area contributed by atoms with Crippen LogP contribution in [0.25, 0.3) is 0 Å². The van der Waals surface area contributed by atoms with Gasteiger partial charge in [-0.25, -0.2) is 0 Å². The maximum absolute atomic E-state index is 9.81. The number of carbonyl (C=O) groups is 6. The first-order valence-electron chi connectivity index (χ1n) is 5.49. The summed E-state index contributed by atoms with van der Waals surface area (Å²) in [7, 11) is 0. The standard InChI is InChI=1S/2C4H6O3.2C2H4O2.2H3N/c2*1-3(5)7-4(2)6;2*1-2(3)4;;/h2*1-2H3;2*1H3,(H,3,4);2*1H3. The number of hydrogen-bond acceptors (Lipinski definition) is 10. The van der Waals surface area contributed by atoms with Gasteiger partial charge in [0.15, 0.2) is 0 Å². The number of carboxylic acids is 2. The van der Waals surface area contributed by atoms with Crippen LogP contribution in [0.2, 0.25) is 0 Å². The van der Waals surface area contributed by atoms with Crippen LogP contribution in [-0.2, 0) is 38.2 Å². The number of carbonyl (C=O) groups excluding carboxylic acids is 4. The van der Waals surface area contributed by atoms with E-state index in [0.717, 1.165) is 13.8 Å². The molecule has 0 aliphatic rings. The predicted molar refractivity (Wildman–Crippen MR) is 81.6 cm³/mol. The third kappa shape index (κ3) is 238. The molecule has 0 amide bonds. The topological polar surface area (TPSA) is 231 Å². The van der Waals surface area contributed by atoms with Crippen molar-refractivity contribution < 1.29 is 48.5 Å². The summed E-state index contributed by atoms with van der Waals surface area (Å²) in [5.41, 5.74) is 0. The molecule has 0 aromatic rings. The van der Waals surface area contributed by atoms with Gasteiger partial charge < -0.3 is 32.0 Å². The van der Waals surface area contributed by atoms with Crippen LogP contribution in [0.5, 0.6) is 0 Å². The summed E-state index contributed by atoms with van der Waals surface area (Å²) in [6, 6.07) is 0. The Bertz CT molecular complexity index is 337. The Balaban J connectivity index is -0.0000000453. The summed E-state index contributed by atoms with van der Waals surface area (Å²) in [6.45, 7) is 6.89. The quantitative estimate of drug-likeness (QED) is 0.346. The molecule has 0 unspecified atom stereocenters. The molecule has 0 rings (SSSR count). The summed E-state index contributed by atoms with van der Waals surface area (Å²) < 4.78 is 7.94. The second-order valence-electron chi connectivity index (χ2n) is 3.21. The molecule has 0 aromatic heterocycles. The van der Waals surface area contributed by atoms with Gasteiger partial charge in [-0.05, 0) is 0 Å². The van der Waals surface area contributed by atoms with Gasteiger partial charge in [0.25, 0.3) is 11.9 Å². The highest BCUT2D eigenvalue weighted by Crippen LogP contribution is 1.74. The lowest BCUT2D eigenvalue weighted by atomic mass is 10.7. The largest absolute Gasteiger partial charge is 0.481 e. The summed E-state index contributed by atoms with van der Waals surface area (Å²) in [4.78, 5) is 57.2. The van der Waals surface area contributed by atoms with Gasteiger partial charge in [-0.1, -0.05) is 0 Å². The molecule has 0 aliphatic carbocycles. The second-order valence-corrected chi connectivity index (χ2v) is 3.21. The van der Waals surface area contributed by atoms with Gasteiger partial charge in [0.05, 0.1) is 0 Å². The molecular weight excluding hydrogens is 332 g/mol. The van der Waals surface area contributed by atoms with E-state index >= 15 is 0 Å². The van der Waals surface area contributed by atoms with E-state index in [1.807, 2.05) is 0 Å². The number of rotatable bonds is 0. The number of carboxylic acid groups (broad SMARTS) is 2. The third-order valence-corrected chi connectivity index (χ3v) is 0.575. The first-order valence-corrected chi connectivity index (χ1v) is 5.49. The Labute approximate surface area is 139 Å². The summed E-state index contributed by atoms with van der Waals surface area (Å²) in [6.07, 6.45) is 0. The molecule has 0 aromatic carbocycles. The molecule has 12 nitrogen and oxygen atoms in total. The van der Waals surface area contributed by atoms with Crippen LogP contribution < -0.4 is 12.3 Å². The molecule has 12 heteroatoms. The van der Waals surface area contributed by atoms with E-state index in [0.29, 0.717) is 0 Å². The summed E-state index contributed by atoms with van der Waals surface area (Å²) in [5, 5.41) is 14.8. The number of aliphatic carboxylic acids is 2.